The highest BCUT2D eigenvalue weighted by atomic mass is 35.5. The maximum absolute atomic E-state index is 12.6. The molecule has 0 spiro atoms. The molecule has 3 saturated heterocycles. The number of nitrogens with zero attached hydrogens (tertiary/aromatic N) is 6. The minimum absolute atomic E-state index is 0.0222. The molecule has 1 aromatic heterocycles. The third-order valence-electron chi connectivity index (χ3n) is 8.25. The number of benzene rings is 1. The van der Waals surface area contributed by atoms with Gasteiger partial charge >= 0.3 is 6.09 Å². The summed E-state index contributed by atoms with van der Waals surface area (Å²) < 4.78 is 5.35. The summed E-state index contributed by atoms with van der Waals surface area (Å²) in [6.45, 7) is 6.85. The van der Waals surface area contributed by atoms with Gasteiger partial charge in [0.05, 0.1) is 0 Å². The molecule has 4 heterocycles. The number of hydrogen-bond donors (Lipinski definition) is 2. The Hall–Kier alpha value is -3.19. The fraction of sp³-hybridized carbons (Fsp3) is 0.519. The zero-order chi connectivity index (χ0) is 29.4. The molecule has 1 unspecified atom stereocenters. The van der Waals surface area contributed by atoms with Crippen molar-refractivity contribution in [3.63, 3.8) is 0 Å². The van der Waals surface area contributed by atoms with Crippen LogP contribution in [-0.4, -0.2) is 94.4 Å². The van der Waals surface area contributed by atoms with Gasteiger partial charge in [-0.05, 0) is 50.0 Å². The molecule has 0 aliphatic carbocycles. The first-order chi connectivity index (χ1) is 19.6. The number of nitrogen functional groups attached to an aromatic ring is 1. The molecule has 1 aromatic carbocycles. The molecule has 220 valence electrons. The van der Waals surface area contributed by atoms with Crippen molar-refractivity contribution in [2.24, 2.45) is 5.73 Å². The van der Waals surface area contributed by atoms with Gasteiger partial charge in [-0.1, -0.05) is 36.2 Å². The molecular formula is C27H34Cl2N8O4. The van der Waals surface area contributed by atoms with Crippen molar-refractivity contribution in [1.82, 2.24) is 24.7 Å². The topological polar surface area (TPSA) is 151 Å². The molecule has 41 heavy (non-hydrogen) atoms. The fourth-order valence-corrected chi connectivity index (χ4v) is 6.43. The van der Waals surface area contributed by atoms with Crippen LogP contribution in [0.3, 0.4) is 0 Å². The number of piperidine rings is 1. The number of carbonyl (C=O) groups excluding carboxylic acids is 3. The summed E-state index contributed by atoms with van der Waals surface area (Å²) in [5.74, 6) is -0.702. The molecule has 3 amide bonds. The second-order valence-electron chi connectivity index (χ2n) is 10.7. The Morgan fingerprint density at radius 3 is 2.49 bits per heavy atom. The number of amides is 3. The van der Waals surface area contributed by atoms with E-state index < -0.39 is 18.1 Å². The van der Waals surface area contributed by atoms with Gasteiger partial charge in [-0.3, -0.25) is 19.4 Å². The summed E-state index contributed by atoms with van der Waals surface area (Å²) in [4.78, 5) is 52.6. The number of ether oxygens (including phenoxy) is 1. The minimum Gasteiger partial charge on any atom is -0.431 e. The Balaban J connectivity index is 1.22. The van der Waals surface area contributed by atoms with Crippen LogP contribution in [0.4, 0.5) is 16.4 Å². The summed E-state index contributed by atoms with van der Waals surface area (Å²) in [6, 6.07) is 6.15. The smallest absolute Gasteiger partial charge is 0.417 e. The van der Waals surface area contributed by atoms with Gasteiger partial charge < -0.3 is 21.1 Å². The van der Waals surface area contributed by atoms with E-state index in [0.717, 1.165) is 55.9 Å². The molecule has 4 N–H and O–H groups in total. The maximum atomic E-state index is 12.6. The average molecular weight is 606 g/mol. The molecule has 12 nitrogen and oxygen atoms in total. The van der Waals surface area contributed by atoms with Gasteiger partial charge in [-0.15, -0.1) is 0 Å². The van der Waals surface area contributed by atoms with Crippen LogP contribution in [0, 0.1) is 0 Å². The lowest BCUT2D eigenvalue weighted by atomic mass is 9.96. The van der Waals surface area contributed by atoms with Gasteiger partial charge in [0.1, 0.15) is 0 Å². The predicted molar refractivity (Wildman–Crippen MR) is 155 cm³/mol. The van der Waals surface area contributed by atoms with E-state index in [1.54, 1.807) is 12.1 Å². The zero-order valence-corrected chi connectivity index (χ0v) is 24.6. The number of likely N-dealkylation sites (N-methyl/N-ethyl adjacent to an activating group) is 1. The van der Waals surface area contributed by atoms with E-state index in [2.05, 4.69) is 31.6 Å². The van der Waals surface area contributed by atoms with Gasteiger partial charge in [0.2, 0.25) is 6.10 Å². The molecule has 3 aliphatic heterocycles. The number of nitrogens with two attached hydrogens (primary N) is 2. The van der Waals surface area contributed by atoms with Gasteiger partial charge in [0, 0.05) is 55.9 Å². The number of anilines is 2. The molecule has 2 aromatic rings. The number of piperazine rings is 1. The summed E-state index contributed by atoms with van der Waals surface area (Å²) in [5.41, 5.74) is 12.7. The van der Waals surface area contributed by atoms with Crippen LogP contribution in [0.25, 0.3) is 0 Å². The number of aromatic nitrogens is 2. The molecule has 0 radical (unpaired) electrons. The third kappa shape index (κ3) is 5.92. The Bertz CT molecular complexity index is 1350. The minimum atomic E-state index is -0.971. The van der Waals surface area contributed by atoms with E-state index in [0.29, 0.717) is 35.5 Å². The third-order valence-corrected chi connectivity index (χ3v) is 8.74. The van der Waals surface area contributed by atoms with E-state index in [-0.39, 0.29) is 28.6 Å². The van der Waals surface area contributed by atoms with E-state index in [1.807, 2.05) is 6.07 Å². The van der Waals surface area contributed by atoms with Crippen molar-refractivity contribution in [2.45, 2.75) is 50.9 Å². The number of likely N-dealkylation sites (tertiary alicyclic amines) is 1. The number of cyclic esters (lactones) is 1. The molecular weight excluding hydrogens is 571 g/mol. The molecule has 3 aliphatic rings. The normalized spacial score (nSPS) is 22.8. The molecule has 2 atom stereocenters. The highest BCUT2D eigenvalue weighted by Gasteiger charge is 2.41. The second-order valence-corrected chi connectivity index (χ2v) is 11.5. The maximum Gasteiger partial charge on any atom is 0.417 e. The SMILES string of the molecule is CC[C@H]1CN(c2nc(N)c(C(N)=O)nc2Cl)CCN1C1CCN(Cc2ccc(Cl)cc2C2OC(=O)N(C)C2=O)CC1. The number of rotatable bonds is 7. The molecule has 0 saturated carbocycles. The highest BCUT2D eigenvalue weighted by molar-refractivity contribution is 6.32. The quantitative estimate of drug-likeness (QED) is 0.482. The summed E-state index contributed by atoms with van der Waals surface area (Å²) in [6.07, 6.45) is 1.33. The molecule has 14 heteroatoms. The van der Waals surface area contributed by atoms with Gasteiger partial charge in [0.15, 0.2) is 22.5 Å². The van der Waals surface area contributed by atoms with Crippen molar-refractivity contribution in [2.75, 3.05) is 50.4 Å². The standard InChI is InChI=1S/C27H34Cl2N8O4/c1-3-17-14-36(25-22(29)32-20(24(31)38)23(30)33-25)10-11-37(17)18-6-8-35(9-7-18)13-15-4-5-16(28)12-19(15)21-26(39)34(2)27(40)41-21/h4-5,12,17-18,21H,3,6-11,13-14H2,1-2H3,(H2,30,33)(H2,31,38)/t17-,21?/m0/s1. The Labute approximate surface area is 248 Å². The second kappa shape index (κ2) is 12.0. The predicted octanol–water partition coefficient (Wildman–Crippen LogP) is 2.68. The highest BCUT2D eigenvalue weighted by Crippen LogP contribution is 2.33. The van der Waals surface area contributed by atoms with Gasteiger partial charge in [-0.2, -0.15) is 0 Å². The van der Waals surface area contributed by atoms with Crippen molar-refractivity contribution in [1.29, 1.82) is 0 Å². The van der Waals surface area contributed by atoms with E-state index in [9.17, 15) is 14.4 Å². The lowest BCUT2D eigenvalue weighted by molar-refractivity contribution is -0.129. The Morgan fingerprint density at radius 2 is 1.85 bits per heavy atom. The largest absolute Gasteiger partial charge is 0.431 e. The van der Waals surface area contributed by atoms with Crippen LogP contribution in [0.5, 0.6) is 0 Å². The van der Waals surface area contributed by atoms with Gasteiger partial charge in [0.25, 0.3) is 11.8 Å². The molecule has 3 fully saturated rings. The summed E-state index contributed by atoms with van der Waals surface area (Å²) in [7, 11) is 1.42. The van der Waals surface area contributed by atoms with Crippen LogP contribution < -0.4 is 16.4 Å². The van der Waals surface area contributed by atoms with Crippen molar-refractivity contribution in [3.8, 4) is 0 Å². The zero-order valence-electron chi connectivity index (χ0n) is 23.1. The first kappa shape index (κ1) is 29.3. The Morgan fingerprint density at radius 1 is 1.12 bits per heavy atom. The molecule has 5 rings (SSSR count). The number of halogens is 2. The summed E-state index contributed by atoms with van der Waals surface area (Å²) in [5, 5.41) is 0.608. The van der Waals surface area contributed by atoms with Crippen LogP contribution in [0.2, 0.25) is 10.2 Å². The van der Waals surface area contributed by atoms with Crippen LogP contribution >= 0.6 is 23.2 Å². The average Bonchev–Trinajstić information content (AvgIpc) is 3.22. The number of primary amides is 1. The monoisotopic (exact) mass is 604 g/mol. The fourth-order valence-electron chi connectivity index (χ4n) is 6.00. The number of hydrogen-bond acceptors (Lipinski definition) is 10. The van der Waals surface area contributed by atoms with Crippen LogP contribution in [0.15, 0.2) is 18.2 Å². The summed E-state index contributed by atoms with van der Waals surface area (Å²) >= 11 is 12.6. The van der Waals surface area contributed by atoms with E-state index in [1.165, 1.54) is 7.05 Å². The van der Waals surface area contributed by atoms with Crippen molar-refractivity contribution < 1.29 is 19.1 Å². The van der Waals surface area contributed by atoms with Crippen LogP contribution in [-0.2, 0) is 16.1 Å². The number of imide groups is 1. The number of carbonyl (C=O) groups is 3. The van der Waals surface area contributed by atoms with E-state index in [4.69, 9.17) is 39.4 Å². The van der Waals surface area contributed by atoms with E-state index >= 15 is 0 Å². The van der Waals surface area contributed by atoms with Crippen LogP contribution in [0.1, 0.15) is 53.9 Å². The van der Waals surface area contributed by atoms with Crippen molar-refractivity contribution >= 4 is 52.7 Å². The lowest BCUT2D eigenvalue weighted by Gasteiger charge is -2.47. The first-order valence-corrected chi connectivity index (χ1v) is 14.4. The molecule has 0 bridgehead atoms. The lowest BCUT2D eigenvalue weighted by Crippen LogP contribution is -2.58. The Kier molecular flexibility index (Phi) is 8.55. The van der Waals surface area contributed by atoms with Crippen molar-refractivity contribution in [3.05, 3.63) is 45.2 Å². The first-order valence-electron chi connectivity index (χ1n) is 13.7. The van der Waals surface area contributed by atoms with Gasteiger partial charge in [-0.25, -0.2) is 19.7 Å².